The normalized spacial score (nSPS) is 21.3. The van der Waals surface area contributed by atoms with Crippen LogP contribution in [0.15, 0.2) is 48.5 Å². The summed E-state index contributed by atoms with van der Waals surface area (Å²) in [6.45, 7) is 3.96. The molecule has 0 radical (unpaired) electrons. The Morgan fingerprint density at radius 1 is 1.10 bits per heavy atom. The molecule has 2 N–H and O–H groups in total. The van der Waals surface area contributed by atoms with Crippen LogP contribution in [0.25, 0.3) is 0 Å². The molecular formula is C22H26N4O3. The summed E-state index contributed by atoms with van der Waals surface area (Å²) in [7, 11) is 0. The van der Waals surface area contributed by atoms with Gasteiger partial charge < -0.3 is 15.5 Å². The first kappa shape index (κ1) is 19.4. The van der Waals surface area contributed by atoms with Gasteiger partial charge in [-0.15, -0.1) is 0 Å². The second-order valence-electron chi connectivity index (χ2n) is 7.88. The molecule has 1 amide bonds. The molecule has 0 spiro atoms. The van der Waals surface area contributed by atoms with E-state index >= 15 is 0 Å². The van der Waals surface area contributed by atoms with Crippen molar-refractivity contribution in [3.63, 3.8) is 0 Å². The van der Waals surface area contributed by atoms with E-state index in [9.17, 15) is 14.9 Å². The van der Waals surface area contributed by atoms with Crippen molar-refractivity contribution in [3.05, 3.63) is 69.8 Å². The molecule has 2 heterocycles. The Morgan fingerprint density at radius 3 is 2.45 bits per heavy atom. The smallest absolute Gasteiger partial charge is 0.293 e. The number of nitrogens with one attached hydrogen (secondary N) is 2. The van der Waals surface area contributed by atoms with Gasteiger partial charge in [-0.3, -0.25) is 14.9 Å². The zero-order valence-electron chi connectivity index (χ0n) is 16.3. The quantitative estimate of drug-likeness (QED) is 0.600. The molecular weight excluding hydrogens is 368 g/mol. The summed E-state index contributed by atoms with van der Waals surface area (Å²) in [5.41, 5.74) is 1.77. The number of fused-ring (bicyclic) bond motifs is 1. The number of nitro benzene ring substituents is 1. The second kappa shape index (κ2) is 8.61. The van der Waals surface area contributed by atoms with Gasteiger partial charge in [0.05, 0.1) is 4.92 Å². The third-order valence-electron chi connectivity index (χ3n) is 6.07. The third kappa shape index (κ3) is 4.40. The first-order valence-electron chi connectivity index (χ1n) is 10.2. The summed E-state index contributed by atoms with van der Waals surface area (Å²) in [5.74, 6) is 1.15. The number of hydrogen-bond donors (Lipinski definition) is 2. The van der Waals surface area contributed by atoms with Gasteiger partial charge >= 0.3 is 0 Å². The highest BCUT2D eigenvalue weighted by Gasteiger charge is 2.32. The fourth-order valence-electron chi connectivity index (χ4n) is 4.36. The first-order valence-corrected chi connectivity index (χ1v) is 10.2. The van der Waals surface area contributed by atoms with Crippen molar-refractivity contribution in [1.29, 1.82) is 0 Å². The van der Waals surface area contributed by atoms with Crippen molar-refractivity contribution in [2.45, 2.75) is 19.4 Å². The number of amides is 1. The van der Waals surface area contributed by atoms with Gasteiger partial charge in [-0.1, -0.05) is 30.3 Å². The van der Waals surface area contributed by atoms with Gasteiger partial charge in [-0.05, 0) is 55.5 Å². The number of hydrogen-bond acceptors (Lipinski definition) is 5. The maximum Gasteiger partial charge on any atom is 0.293 e. The fourth-order valence-corrected chi connectivity index (χ4v) is 4.36. The Bertz CT molecular complexity index is 873. The SMILES string of the molecule is O=C(c1ccc(NCc2ccccc2)c([N+](=O)[O-])c1)N1CC[C@@H]2CNC[C@@H]2CC1. The number of benzene rings is 2. The van der Waals surface area contributed by atoms with E-state index in [-0.39, 0.29) is 11.6 Å². The maximum atomic E-state index is 13.0. The van der Waals surface area contributed by atoms with Crippen molar-refractivity contribution in [2.24, 2.45) is 11.8 Å². The average molecular weight is 394 g/mol. The first-order chi connectivity index (χ1) is 14.1. The molecule has 2 atom stereocenters. The fraction of sp³-hybridized carbons (Fsp3) is 0.409. The van der Waals surface area contributed by atoms with Crippen LogP contribution >= 0.6 is 0 Å². The number of likely N-dealkylation sites (tertiary alicyclic amines) is 1. The minimum absolute atomic E-state index is 0.0670. The van der Waals surface area contributed by atoms with Crippen LogP contribution in [0.5, 0.6) is 0 Å². The van der Waals surface area contributed by atoms with Crippen LogP contribution in [-0.2, 0) is 6.54 Å². The van der Waals surface area contributed by atoms with E-state index in [0.717, 1.165) is 31.5 Å². The summed E-state index contributed by atoms with van der Waals surface area (Å²) in [4.78, 5) is 26.0. The Kier molecular flexibility index (Phi) is 5.76. The molecule has 2 aromatic rings. The van der Waals surface area contributed by atoms with Crippen LogP contribution in [0, 0.1) is 22.0 Å². The van der Waals surface area contributed by atoms with Crippen LogP contribution in [0.3, 0.4) is 0 Å². The molecule has 2 saturated heterocycles. The van der Waals surface area contributed by atoms with Crippen LogP contribution in [0.1, 0.15) is 28.8 Å². The number of carbonyl (C=O) groups is 1. The number of nitrogens with zero attached hydrogens (tertiary/aromatic N) is 2. The van der Waals surface area contributed by atoms with Crippen molar-refractivity contribution < 1.29 is 9.72 Å². The monoisotopic (exact) mass is 394 g/mol. The van der Waals surface area contributed by atoms with Crippen LogP contribution < -0.4 is 10.6 Å². The molecule has 0 bridgehead atoms. The lowest BCUT2D eigenvalue weighted by molar-refractivity contribution is -0.384. The summed E-state index contributed by atoms with van der Waals surface area (Å²) in [6, 6.07) is 14.4. The standard InChI is InChI=1S/C22H26N4O3/c27-22(25-10-8-18-14-23-15-19(18)9-11-25)17-6-7-20(21(12-17)26(28)29)24-13-16-4-2-1-3-5-16/h1-7,12,18-19,23-24H,8-11,13-15H2/t18-,19+. The largest absolute Gasteiger partial charge is 0.375 e. The number of nitro groups is 1. The van der Waals surface area contributed by atoms with Gasteiger partial charge in [-0.25, -0.2) is 0 Å². The lowest BCUT2D eigenvalue weighted by Gasteiger charge is -2.21. The van der Waals surface area contributed by atoms with Crippen LogP contribution in [-0.4, -0.2) is 41.9 Å². The topological polar surface area (TPSA) is 87.5 Å². The van der Waals surface area contributed by atoms with Crippen molar-refractivity contribution >= 4 is 17.3 Å². The van der Waals surface area contributed by atoms with Gasteiger partial charge in [0.15, 0.2) is 0 Å². The number of rotatable bonds is 5. The molecule has 29 heavy (non-hydrogen) atoms. The average Bonchev–Trinajstić information content (AvgIpc) is 3.10. The Morgan fingerprint density at radius 2 is 1.79 bits per heavy atom. The molecule has 4 rings (SSSR count). The van der Waals surface area contributed by atoms with E-state index in [1.54, 1.807) is 12.1 Å². The second-order valence-corrected chi connectivity index (χ2v) is 7.88. The van der Waals surface area contributed by atoms with Gasteiger partial charge in [0.2, 0.25) is 0 Å². The molecule has 0 aliphatic carbocycles. The number of anilines is 1. The summed E-state index contributed by atoms with van der Waals surface area (Å²) >= 11 is 0. The highest BCUT2D eigenvalue weighted by Crippen LogP contribution is 2.30. The Balaban J connectivity index is 1.48. The molecule has 0 saturated carbocycles. The maximum absolute atomic E-state index is 13.0. The van der Waals surface area contributed by atoms with Gasteiger partial charge in [0.25, 0.3) is 11.6 Å². The molecule has 7 heteroatoms. The minimum Gasteiger partial charge on any atom is -0.375 e. The molecule has 2 aliphatic heterocycles. The molecule has 2 aromatic carbocycles. The molecule has 0 unspecified atom stereocenters. The van der Waals surface area contributed by atoms with Crippen molar-refractivity contribution in [1.82, 2.24) is 10.2 Å². The van der Waals surface area contributed by atoms with E-state index in [1.165, 1.54) is 6.07 Å². The van der Waals surface area contributed by atoms with E-state index in [2.05, 4.69) is 10.6 Å². The van der Waals surface area contributed by atoms with Gasteiger partial charge in [0, 0.05) is 31.3 Å². The van der Waals surface area contributed by atoms with Gasteiger partial charge in [0.1, 0.15) is 5.69 Å². The lowest BCUT2D eigenvalue weighted by atomic mass is 9.92. The highest BCUT2D eigenvalue weighted by atomic mass is 16.6. The molecule has 7 nitrogen and oxygen atoms in total. The molecule has 152 valence electrons. The molecule has 0 aromatic heterocycles. The van der Waals surface area contributed by atoms with E-state index in [4.69, 9.17) is 0 Å². The zero-order chi connectivity index (χ0) is 20.2. The number of carbonyl (C=O) groups excluding carboxylic acids is 1. The third-order valence-corrected chi connectivity index (χ3v) is 6.07. The Labute approximate surface area is 170 Å². The zero-order valence-corrected chi connectivity index (χ0v) is 16.3. The van der Waals surface area contributed by atoms with Crippen LogP contribution in [0.2, 0.25) is 0 Å². The van der Waals surface area contributed by atoms with E-state index in [0.29, 0.717) is 42.7 Å². The van der Waals surface area contributed by atoms with E-state index in [1.807, 2.05) is 35.2 Å². The van der Waals surface area contributed by atoms with Crippen molar-refractivity contribution in [3.8, 4) is 0 Å². The van der Waals surface area contributed by atoms with Gasteiger partial charge in [-0.2, -0.15) is 0 Å². The summed E-state index contributed by atoms with van der Waals surface area (Å²) < 4.78 is 0. The highest BCUT2D eigenvalue weighted by molar-refractivity contribution is 5.95. The van der Waals surface area contributed by atoms with E-state index < -0.39 is 4.92 Å². The Hall–Kier alpha value is -2.93. The molecule has 2 aliphatic rings. The molecule has 2 fully saturated rings. The summed E-state index contributed by atoms with van der Waals surface area (Å²) in [6.07, 6.45) is 1.98. The predicted molar refractivity (Wildman–Crippen MR) is 112 cm³/mol. The summed E-state index contributed by atoms with van der Waals surface area (Å²) in [5, 5.41) is 18.2. The predicted octanol–water partition coefficient (Wildman–Crippen LogP) is 3.28. The van der Waals surface area contributed by atoms with Crippen LogP contribution in [0.4, 0.5) is 11.4 Å². The minimum atomic E-state index is -0.428. The lowest BCUT2D eigenvalue weighted by Crippen LogP contribution is -2.32. The van der Waals surface area contributed by atoms with Crippen molar-refractivity contribution in [2.75, 3.05) is 31.5 Å².